The summed E-state index contributed by atoms with van der Waals surface area (Å²) >= 11 is 0. The van der Waals surface area contributed by atoms with Crippen LogP contribution in [0.15, 0.2) is 18.2 Å². The van der Waals surface area contributed by atoms with Gasteiger partial charge in [0.15, 0.2) is 6.61 Å². The average molecular weight is 402 g/mol. The van der Waals surface area contributed by atoms with Gasteiger partial charge in [-0.25, -0.2) is 4.79 Å². The van der Waals surface area contributed by atoms with Gasteiger partial charge in [0.25, 0.3) is 5.91 Å². The molecule has 1 heterocycles. The van der Waals surface area contributed by atoms with Crippen LogP contribution in [0, 0.1) is 0 Å². The Labute approximate surface area is 171 Å². The summed E-state index contributed by atoms with van der Waals surface area (Å²) in [5, 5.41) is 5.84. The molecule has 2 aliphatic rings. The second-order valence-corrected chi connectivity index (χ2v) is 7.45. The number of amides is 4. The normalized spacial score (nSPS) is 16.6. The third-order valence-electron chi connectivity index (χ3n) is 5.51. The quantitative estimate of drug-likeness (QED) is 0.765. The van der Waals surface area contributed by atoms with Crippen molar-refractivity contribution in [1.82, 2.24) is 10.2 Å². The third kappa shape index (κ3) is 5.19. The van der Waals surface area contributed by atoms with Gasteiger partial charge in [0, 0.05) is 24.8 Å². The van der Waals surface area contributed by atoms with Crippen molar-refractivity contribution in [2.24, 2.45) is 0 Å². The molecule has 1 saturated carbocycles. The maximum Gasteiger partial charge on any atom is 0.319 e. The van der Waals surface area contributed by atoms with Crippen LogP contribution in [0.25, 0.3) is 0 Å². The van der Waals surface area contributed by atoms with Gasteiger partial charge in [0.2, 0.25) is 5.91 Å². The molecule has 2 N–H and O–H groups in total. The van der Waals surface area contributed by atoms with E-state index in [9.17, 15) is 14.4 Å². The van der Waals surface area contributed by atoms with Crippen molar-refractivity contribution in [1.29, 1.82) is 0 Å². The zero-order valence-electron chi connectivity index (χ0n) is 17.2. The van der Waals surface area contributed by atoms with Crippen molar-refractivity contribution in [3.63, 3.8) is 0 Å². The van der Waals surface area contributed by atoms with Crippen LogP contribution < -0.4 is 20.3 Å². The molecule has 8 nitrogen and oxygen atoms in total. The lowest BCUT2D eigenvalue weighted by Gasteiger charge is -2.31. The Morgan fingerprint density at radius 3 is 2.59 bits per heavy atom. The number of fused-ring (bicyclic) bond motifs is 1. The third-order valence-corrected chi connectivity index (χ3v) is 5.51. The Hall–Kier alpha value is -2.77. The predicted octanol–water partition coefficient (Wildman–Crippen LogP) is 2.73. The minimum absolute atomic E-state index is 0.0470. The minimum atomic E-state index is -0.276. The zero-order chi connectivity index (χ0) is 20.8. The van der Waals surface area contributed by atoms with E-state index in [1.165, 1.54) is 11.3 Å². The summed E-state index contributed by atoms with van der Waals surface area (Å²) in [5.74, 6) is 0.126. The van der Waals surface area contributed by atoms with Crippen LogP contribution in [0.1, 0.15) is 46.0 Å². The highest BCUT2D eigenvalue weighted by atomic mass is 16.5. The molecular formula is C21H30N4O4. The molecule has 0 saturated heterocycles. The zero-order valence-corrected chi connectivity index (χ0v) is 17.2. The fourth-order valence-electron chi connectivity index (χ4n) is 3.86. The molecular weight excluding hydrogens is 372 g/mol. The first-order valence-electron chi connectivity index (χ1n) is 10.4. The summed E-state index contributed by atoms with van der Waals surface area (Å²) in [6.45, 7) is 4.84. The van der Waals surface area contributed by atoms with Crippen molar-refractivity contribution in [3.05, 3.63) is 18.2 Å². The number of carbonyl (C=O) groups is 3. The molecule has 1 aromatic carbocycles. The summed E-state index contributed by atoms with van der Waals surface area (Å²) in [6, 6.07) is 5.08. The maximum absolute atomic E-state index is 12.5. The van der Waals surface area contributed by atoms with Crippen LogP contribution in [-0.4, -0.2) is 55.0 Å². The number of urea groups is 1. The molecule has 29 heavy (non-hydrogen) atoms. The van der Waals surface area contributed by atoms with E-state index in [1.807, 2.05) is 13.8 Å². The van der Waals surface area contributed by atoms with Crippen molar-refractivity contribution in [2.75, 3.05) is 36.5 Å². The summed E-state index contributed by atoms with van der Waals surface area (Å²) in [4.78, 5) is 40.4. The van der Waals surface area contributed by atoms with E-state index in [2.05, 4.69) is 10.6 Å². The topological polar surface area (TPSA) is 91.0 Å². The second-order valence-electron chi connectivity index (χ2n) is 7.45. The average Bonchev–Trinajstić information content (AvgIpc) is 2.72. The van der Waals surface area contributed by atoms with E-state index >= 15 is 0 Å². The first-order valence-corrected chi connectivity index (χ1v) is 10.4. The Bertz CT molecular complexity index is 757. The van der Waals surface area contributed by atoms with Gasteiger partial charge >= 0.3 is 6.03 Å². The van der Waals surface area contributed by atoms with Gasteiger partial charge in [-0.15, -0.1) is 0 Å². The lowest BCUT2D eigenvalue weighted by Crippen LogP contribution is -2.46. The van der Waals surface area contributed by atoms with Gasteiger partial charge in [-0.2, -0.15) is 0 Å². The van der Waals surface area contributed by atoms with Crippen LogP contribution in [-0.2, 0) is 9.59 Å². The summed E-state index contributed by atoms with van der Waals surface area (Å²) in [7, 11) is 0. The number of ether oxygens (including phenoxy) is 1. The van der Waals surface area contributed by atoms with Crippen LogP contribution in [0.5, 0.6) is 5.75 Å². The number of benzene rings is 1. The van der Waals surface area contributed by atoms with Gasteiger partial charge in [-0.05, 0) is 44.9 Å². The number of likely N-dealkylation sites (N-methyl/N-ethyl adjacent to an activating group) is 1. The van der Waals surface area contributed by atoms with Crippen LogP contribution in [0.4, 0.5) is 16.2 Å². The van der Waals surface area contributed by atoms with Gasteiger partial charge in [-0.3, -0.25) is 14.5 Å². The number of rotatable bonds is 6. The van der Waals surface area contributed by atoms with E-state index in [0.29, 0.717) is 30.2 Å². The van der Waals surface area contributed by atoms with Crippen LogP contribution >= 0.6 is 0 Å². The Balaban J connectivity index is 1.71. The highest BCUT2D eigenvalue weighted by Gasteiger charge is 2.29. The predicted molar refractivity (Wildman–Crippen MR) is 111 cm³/mol. The number of hydrogen-bond acceptors (Lipinski definition) is 4. The van der Waals surface area contributed by atoms with E-state index < -0.39 is 0 Å². The molecule has 0 atom stereocenters. The van der Waals surface area contributed by atoms with E-state index in [0.717, 1.165) is 25.7 Å². The fraction of sp³-hybridized carbons (Fsp3) is 0.571. The number of hydrogen-bond donors (Lipinski definition) is 2. The molecule has 0 aromatic heterocycles. The van der Waals surface area contributed by atoms with E-state index in [-0.39, 0.29) is 37.0 Å². The van der Waals surface area contributed by atoms with E-state index in [4.69, 9.17) is 4.74 Å². The highest BCUT2D eigenvalue weighted by molar-refractivity contribution is 6.03. The van der Waals surface area contributed by atoms with Gasteiger partial charge in [0.1, 0.15) is 12.3 Å². The molecule has 0 radical (unpaired) electrons. The largest absolute Gasteiger partial charge is 0.482 e. The van der Waals surface area contributed by atoms with Crippen molar-refractivity contribution < 1.29 is 19.1 Å². The molecule has 0 unspecified atom stereocenters. The Morgan fingerprint density at radius 1 is 1.17 bits per heavy atom. The number of carbonyl (C=O) groups excluding carboxylic acids is 3. The lowest BCUT2D eigenvalue weighted by molar-refractivity contribution is -0.131. The summed E-state index contributed by atoms with van der Waals surface area (Å²) < 4.78 is 5.50. The molecule has 1 aliphatic heterocycles. The number of nitrogens with one attached hydrogen (secondary N) is 2. The minimum Gasteiger partial charge on any atom is -0.482 e. The first kappa shape index (κ1) is 21.0. The molecule has 4 amide bonds. The van der Waals surface area contributed by atoms with Gasteiger partial charge in [-0.1, -0.05) is 19.3 Å². The van der Waals surface area contributed by atoms with Crippen LogP contribution in [0.2, 0.25) is 0 Å². The molecule has 3 rings (SSSR count). The van der Waals surface area contributed by atoms with Gasteiger partial charge in [0.05, 0.1) is 5.69 Å². The van der Waals surface area contributed by atoms with Crippen molar-refractivity contribution >= 4 is 29.2 Å². The Morgan fingerprint density at radius 2 is 1.90 bits per heavy atom. The SMILES string of the molecule is CCN(CC)C(=O)CN1C(=O)COc2ccc(NC(=O)NC3CCCCC3)cc21. The molecule has 8 heteroatoms. The second kappa shape index (κ2) is 9.62. The first-order chi connectivity index (χ1) is 14.0. The van der Waals surface area contributed by atoms with Crippen molar-refractivity contribution in [2.45, 2.75) is 52.0 Å². The molecule has 1 aromatic rings. The Kier molecular flexibility index (Phi) is 6.95. The molecule has 1 aliphatic carbocycles. The molecule has 0 bridgehead atoms. The standard InChI is InChI=1S/C21H30N4O4/c1-3-24(4-2)19(26)13-25-17-12-16(10-11-18(17)29-14-20(25)27)23-21(28)22-15-8-6-5-7-9-15/h10-12,15H,3-9,13-14H2,1-2H3,(H2,22,23,28). The van der Waals surface area contributed by atoms with Gasteiger partial charge < -0.3 is 20.3 Å². The van der Waals surface area contributed by atoms with Crippen molar-refractivity contribution in [3.8, 4) is 5.75 Å². The summed E-state index contributed by atoms with van der Waals surface area (Å²) in [6.07, 6.45) is 5.50. The molecule has 158 valence electrons. The molecule has 0 spiro atoms. The summed E-state index contributed by atoms with van der Waals surface area (Å²) in [5.41, 5.74) is 1.05. The lowest BCUT2D eigenvalue weighted by atomic mass is 9.96. The highest BCUT2D eigenvalue weighted by Crippen LogP contribution is 2.34. The van der Waals surface area contributed by atoms with Crippen LogP contribution in [0.3, 0.4) is 0 Å². The fourth-order valence-corrected chi connectivity index (χ4v) is 3.86. The number of anilines is 2. The maximum atomic E-state index is 12.5. The molecule has 1 fully saturated rings. The number of nitrogens with zero attached hydrogens (tertiary/aromatic N) is 2. The van der Waals surface area contributed by atoms with E-state index in [1.54, 1.807) is 23.1 Å². The monoisotopic (exact) mass is 402 g/mol. The smallest absolute Gasteiger partial charge is 0.319 e.